The second-order valence-electron chi connectivity index (χ2n) is 4.76. The predicted octanol–water partition coefficient (Wildman–Crippen LogP) is 3.07. The fourth-order valence-corrected chi connectivity index (χ4v) is 2.75. The Balaban J connectivity index is 2.19. The Bertz CT molecular complexity index is 611. The van der Waals surface area contributed by atoms with Crippen LogP contribution in [0.5, 0.6) is 0 Å². The van der Waals surface area contributed by atoms with Gasteiger partial charge in [0, 0.05) is 29.7 Å². The van der Waals surface area contributed by atoms with E-state index in [1.807, 2.05) is 12.3 Å². The van der Waals surface area contributed by atoms with Crippen LogP contribution in [0, 0.1) is 13.8 Å². The zero-order chi connectivity index (χ0) is 14.7. The van der Waals surface area contributed by atoms with Crippen molar-refractivity contribution in [2.75, 3.05) is 11.9 Å². The van der Waals surface area contributed by atoms with Crippen LogP contribution < -0.4 is 5.32 Å². The highest BCUT2D eigenvalue weighted by molar-refractivity contribution is 7.09. The van der Waals surface area contributed by atoms with Gasteiger partial charge in [-0.15, -0.1) is 11.3 Å². The molecule has 2 aromatic heterocycles. The maximum atomic E-state index is 11.3. The Morgan fingerprint density at radius 3 is 2.85 bits per heavy atom. The number of carbonyl (C=O) groups is 1. The summed E-state index contributed by atoms with van der Waals surface area (Å²) in [7, 11) is 0. The van der Waals surface area contributed by atoms with Crippen LogP contribution in [0.3, 0.4) is 0 Å². The molecular weight excluding hydrogens is 274 g/mol. The topological polar surface area (TPSA) is 75.1 Å². The number of aromatic carboxylic acids is 1. The molecule has 0 aliphatic carbocycles. The summed E-state index contributed by atoms with van der Waals surface area (Å²) >= 11 is 1.60. The van der Waals surface area contributed by atoms with Gasteiger partial charge in [0.2, 0.25) is 0 Å². The third-order valence-corrected chi connectivity index (χ3v) is 4.01. The summed E-state index contributed by atoms with van der Waals surface area (Å²) in [6.07, 6.45) is 1.77. The first-order valence-corrected chi connectivity index (χ1v) is 7.21. The summed E-state index contributed by atoms with van der Waals surface area (Å²) in [5, 5.41) is 15.4. The summed E-state index contributed by atoms with van der Waals surface area (Å²) < 4.78 is 0. The van der Waals surface area contributed by atoms with Crippen LogP contribution in [0.25, 0.3) is 0 Å². The van der Waals surface area contributed by atoms with E-state index in [9.17, 15) is 9.90 Å². The lowest BCUT2D eigenvalue weighted by molar-refractivity contribution is 0.0697. The van der Waals surface area contributed by atoms with Gasteiger partial charge >= 0.3 is 5.97 Å². The number of aromatic nitrogens is 2. The number of carboxylic acid groups (broad SMARTS) is 1. The zero-order valence-corrected chi connectivity index (χ0v) is 12.5. The second-order valence-corrected chi connectivity index (χ2v) is 5.69. The number of rotatable bonds is 5. The van der Waals surface area contributed by atoms with Crippen LogP contribution in [-0.2, 0) is 0 Å². The number of pyridine rings is 1. The summed E-state index contributed by atoms with van der Waals surface area (Å²) in [6, 6.07) is 1.78. The van der Waals surface area contributed by atoms with Crippen LogP contribution >= 0.6 is 11.3 Å². The molecule has 0 amide bonds. The Kier molecular flexibility index (Phi) is 4.34. The van der Waals surface area contributed by atoms with Crippen LogP contribution in [0.1, 0.15) is 39.5 Å². The minimum atomic E-state index is -0.959. The summed E-state index contributed by atoms with van der Waals surface area (Å²) in [6.45, 7) is 6.29. The fraction of sp³-hybridized carbons (Fsp3) is 0.357. The van der Waals surface area contributed by atoms with E-state index in [4.69, 9.17) is 0 Å². The molecule has 0 saturated carbocycles. The molecule has 5 nitrogen and oxygen atoms in total. The van der Waals surface area contributed by atoms with Gasteiger partial charge in [0.25, 0.3) is 0 Å². The minimum absolute atomic E-state index is 0.208. The van der Waals surface area contributed by atoms with Crippen LogP contribution in [-0.4, -0.2) is 27.6 Å². The zero-order valence-electron chi connectivity index (χ0n) is 11.7. The van der Waals surface area contributed by atoms with Crippen molar-refractivity contribution >= 4 is 23.1 Å². The lowest BCUT2D eigenvalue weighted by Crippen LogP contribution is -2.15. The van der Waals surface area contributed by atoms with Crippen molar-refractivity contribution in [1.29, 1.82) is 0 Å². The molecule has 2 heterocycles. The minimum Gasteiger partial charge on any atom is -0.478 e. The largest absolute Gasteiger partial charge is 0.478 e. The van der Waals surface area contributed by atoms with Crippen molar-refractivity contribution in [3.05, 3.63) is 39.5 Å². The maximum Gasteiger partial charge on any atom is 0.339 e. The molecule has 2 rings (SSSR count). The molecule has 2 aromatic rings. The standard InChI is InChI=1S/C14H17N3O2S/c1-8-6-10(3)17-12(11(8)14(18)19)16-7-9(2)13-15-4-5-20-13/h4-6,9H,7H2,1-3H3,(H,16,17)(H,18,19). The first-order chi connectivity index (χ1) is 9.49. The monoisotopic (exact) mass is 291 g/mol. The molecule has 0 aliphatic rings. The van der Waals surface area contributed by atoms with Gasteiger partial charge in [-0.05, 0) is 25.5 Å². The average Bonchev–Trinajstić information content (AvgIpc) is 2.88. The molecule has 0 spiro atoms. The molecule has 20 heavy (non-hydrogen) atoms. The number of anilines is 1. The summed E-state index contributed by atoms with van der Waals surface area (Å²) in [4.78, 5) is 19.9. The third-order valence-electron chi connectivity index (χ3n) is 3.01. The van der Waals surface area contributed by atoms with E-state index >= 15 is 0 Å². The molecule has 0 fully saturated rings. The fourth-order valence-electron chi connectivity index (χ4n) is 2.05. The Morgan fingerprint density at radius 1 is 1.50 bits per heavy atom. The molecule has 0 saturated heterocycles. The van der Waals surface area contributed by atoms with E-state index in [0.717, 1.165) is 16.3 Å². The van der Waals surface area contributed by atoms with E-state index in [1.165, 1.54) is 0 Å². The van der Waals surface area contributed by atoms with E-state index in [2.05, 4.69) is 22.2 Å². The molecule has 0 radical (unpaired) electrons. The van der Waals surface area contributed by atoms with Gasteiger partial charge in [0.1, 0.15) is 11.4 Å². The van der Waals surface area contributed by atoms with Crippen molar-refractivity contribution in [2.45, 2.75) is 26.7 Å². The van der Waals surface area contributed by atoms with Gasteiger partial charge in [-0.25, -0.2) is 14.8 Å². The molecule has 0 bridgehead atoms. The third kappa shape index (κ3) is 3.14. The van der Waals surface area contributed by atoms with Gasteiger partial charge in [-0.2, -0.15) is 0 Å². The maximum absolute atomic E-state index is 11.3. The molecule has 2 N–H and O–H groups in total. The van der Waals surface area contributed by atoms with Crippen molar-refractivity contribution < 1.29 is 9.90 Å². The van der Waals surface area contributed by atoms with Crippen LogP contribution in [0.2, 0.25) is 0 Å². The quantitative estimate of drug-likeness (QED) is 0.885. The van der Waals surface area contributed by atoms with Gasteiger partial charge in [0.15, 0.2) is 0 Å². The van der Waals surface area contributed by atoms with Gasteiger partial charge < -0.3 is 10.4 Å². The second kappa shape index (κ2) is 6.00. The van der Waals surface area contributed by atoms with Gasteiger partial charge in [0.05, 0.1) is 5.01 Å². The highest BCUT2D eigenvalue weighted by Crippen LogP contribution is 2.22. The lowest BCUT2D eigenvalue weighted by atomic mass is 10.1. The Labute approximate surface area is 121 Å². The number of carboxylic acids is 1. The molecule has 0 aliphatic heterocycles. The highest BCUT2D eigenvalue weighted by Gasteiger charge is 2.17. The number of aryl methyl sites for hydroxylation is 2. The number of nitrogens with zero attached hydrogens (tertiary/aromatic N) is 2. The van der Waals surface area contributed by atoms with E-state index < -0.39 is 5.97 Å². The molecule has 6 heteroatoms. The number of hydrogen-bond donors (Lipinski definition) is 2. The number of hydrogen-bond acceptors (Lipinski definition) is 5. The highest BCUT2D eigenvalue weighted by atomic mass is 32.1. The Hall–Kier alpha value is -1.95. The molecule has 106 valence electrons. The van der Waals surface area contributed by atoms with Crippen LogP contribution in [0.4, 0.5) is 5.82 Å². The molecule has 1 atom stereocenters. The van der Waals surface area contributed by atoms with Crippen molar-refractivity contribution in [1.82, 2.24) is 9.97 Å². The normalized spacial score (nSPS) is 12.2. The average molecular weight is 291 g/mol. The van der Waals surface area contributed by atoms with Crippen LogP contribution in [0.15, 0.2) is 17.6 Å². The van der Waals surface area contributed by atoms with E-state index in [1.54, 1.807) is 30.5 Å². The van der Waals surface area contributed by atoms with Gasteiger partial charge in [-0.1, -0.05) is 6.92 Å². The number of nitrogens with one attached hydrogen (secondary N) is 1. The molecular formula is C14H17N3O2S. The van der Waals surface area contributed by atoms with E-state index in [-0.39, 0.29) is 11.5 Å². The van der Waals surface area contributed by atoms with Crippen molar-refractivity contribution in [3.8, 4) is 0 Å². The predicted molar refractivity (Wildman–Crippen MR) is 79.7 cm³/mol. The first kappa shape index (κ1) is 14.5. The summed E-state index contributed by atoms with van der Waals surface area (Å²) in [5.74, 6) is -0.322. The van der Waals surface area contributed by atoms with E-state index in [0.29, 0.717) is 12.4 Å². The van der Waals surface area contributed by atoms with Gasteiger partial charge in [-0.3, -0.25) is 0 Å². The smallest absolute Gasteiger partial charge is 0.339 e. The number of thiazole rings is 1. The Morgan fingerprint density at radius 2 is 2.25 bits per heavy atom. The molecule has 1 unspecified atom stereocenters. The van der Waals surface area contributed by atoms with Crippen molar-refractivity contribution in [2.24, 2.45) is 0 Å². The van der Waals surface area contributed by atoms with Crippen molar-refractivity contribution in [3.63, 3.8) is 0 Å². The first-order valence-electron chi connectivity index (χ1n) is 6.34. The molecule has 0 aromatic carbocycles. The lowest BCUT2D eigenvalue weighted by Gasteiger charge is -2.14. The SMILES string of the molecule is Cc1cc(C)c(C(=O)O)c(NCC(C)c2nccs2)n1. The summed E-state index contributed by atoms with van der Waals surface area (Å²) in [5.41, 5.74) is 1.76.